The maximum atomic E-state index is 5.66. The molecule has 0 amide bonds. The summed E-state index contributed by atoms with van der Waals surface area (Å²) < 4.78 is 5.66. The second kappa shape index (κ2) is 5.21. The molecule has 1 saturated heterocycles. The average molecular weight is 303 g/mol. The second-order valence-corrected chi connectivity index (χ2v) is 7.30. The Balaban J connectivity index is 1.76. The van der Waals surface area contributed by atoms with Crippen LogP contribution in [0.2, 0.25) is 0 Å². The molecule has 0 bridgehead atoms. The molecule has 2 aromatic heterocycles. The first-order valence-corrected chi connectivity index (χ1v) is 8.62. The van der Waals surface area contributed by atoms with Crippen LogP contribution >= 0.6 is 11.3 Å². The molecule has 0 N–H and O–H groups in total. The highest BCUT2D eigenvalue weighted by molar-refractivity contribution is 7.19. The minimum atomic E-state index is 0.301. The van der Waals surface area contributed by atoms with E-state index in [1.165, 1.54) is 35.1 Å². The number of piperidine rings is 1. The van der Waals surface area contributed by atoms with Crippen LogP contribution in [0.1, 0.15) is 30.2 Å². The van der Waals surface area contributed by atoms with E-state index >= 15 is 0 Å². The standard InChI is InChI=1S/C16H21N3OS/c1-10-6-7-19(8-12(10)20-2)15-14-11-4-3-5-13(11)21-16(14)18-9-17-15/h9-10,12H,3-8H2,1-2H3. The van der Waals surface area contributed by atoms with Gasteiger partial charge in [-0.2, -0.15) is 0 Å². The summed E-state index contributed by atoms with van der Waals surface area (Å²) in [5.41, 5.74) is 1.51. The van der Waals surface area contributed by atoms with Gasteiger partial charge in [0.2, 0.25) is 0 Å². The molecular formula is C16H21N3OS. The monoisotopic (exact) mass is 303 g/mol. The molecule has 21 heavy (non-hydrogen) atoms. The summed E-state index contributed by atoms with van der Waals surface area (Å²) in [5, 5.41) is 1.32. The van der Waals surface area contributed by atoms with Crippen molar-refractivity contribution in [2.75, 3.05) is 25.1 Å². The summed E-state index contributed by atoms with van der Waals surface area (Å²) in [6.07, 6.45) is 6.87. The summed E-state index contributed by atoms with van der Waals surface area (Å²) in [7, 11) is 1.82. The molecule has 0 saturated carbocycles. The number of ether oxygens (including phenoxy) is 1. The number of nitrogens with zero attached hydrogens (tertiary/aromatic N) is 3. The normalized spacial score (nSPS) is 25.5. The Morgan fingerprint density at radius 3 is 3.10 bits per heavy atom. The van der Waals surface area contributed by atoms with Crippen LogP contribution in [0.15, 0.2) is 6.33 Å². The van der Waals surface area contributed by atoms with Crippen molar-refractivity contribution in [1.29, 1.82) is 0 Å². The number of aromatic nitrogens is 2. The summed E-state index contributed by atoms with van der Waals surface area (Å²) in [6, 6.07) is 0. The minimum Gasteiger partial charge on any atom is -0.379 e. The highest BCUT2D eigenvalue weighted by Gasteiger charge is 2.29. The summed E-state index contributed by atoms with van der Waals surface area (Å²) in [5.74, 6) is 1.75. The van der Waals surface area contributed by atoms with E-state index in [-0.39, 0.29) is 0 Å². The van der Waals surface area contributed by atoms with Gasteiger partial charge in [-0.3, -0.25) is 0 Å². The van der Waals surface area contributed by atoms with Crippen molar-refractivity contribution in [1.82, 2.24) is 9.97 Å². The molecule has 4 rings (SSSR count). The molecule has 5 heteroatoms. The Morgan fingerprint density at radius 1 is 1.33 bits per heavy atom. The largest absolute Gasteiger partial charge is 0.379 e. The third-order valence-corrected chi connectivity index (χ3v) is 6.17. The molecule has 112 valence electrons. The lowest BCUT2D eigenvalue weighted by atomic mass is 9.95. The zero-order chi connectivity index (χ0) is 14.4. The molecule has 2 aliphatic rings. The SMILES string of the molecule is COC1CN(c2ncnc3sc4c(c23)CCC4)CCC1C. The molecule has 1 aliphatic heterocycles. The van der Waals surface area contributed by atoms with Gasteiger partial charge in [-0.05, 0) is 37.2 Å². The Morgan fingerprint density at radius 2 is 2.24 bits per heavy atom. The first-order chi connectivity index (χ1) is 10.3. The zero-order valence-corrected chi connectivity index (χ0v) is 13.4. The number of methoxy groups -OCH3 is 1. The third-order valence-electron chi connectivity index (χ3n) is 4.97. The topological polar surface area (TPSA) is 38.2 Å². The summed E-state index contributed by atoms with van der Waals surface area (Å²) >= 11 is 1.86. The van der Waals surface area contributed by atoms with Gasteiger partial charge < -0.3 is 9.64 Å². The summed E-state index contributed by atoms with van der Waals surface area (Å²) in [4.78, 5) is 14.2. The number of hydrogen-bond donors (Lipinski definition) is 0. The highest BCUT2D eigenvalue weighted by Crippen LogP contribution is 2.40. The van der Waals surface area contributed by atoms with Crippen LogP contribution < -0.4 is 4.90 Å². The van der Waals surface area contributed by atoms with E-state index in [4.69, 9.17) is 4.74 Å². The van der Waals surface area contributed by atoms with Crippen LogP contribution in [-0.2, 0) is 17.6 Å². The fourth-order valence-electron chi connectivity index (χ4n) is 3.68. The highest BCUT2D eigenvalue weighted by atomic mass is 32.1. The van der Waals surface area contributed by atoms with Crippen molar-refractivity contribution >= 4 is 27.4 Å². The van der Waals surface area contributed by atoms with Crippen LogP contribution in [0, 0.1) is 5.92 Å². The maximum Gasteiger partial charge on any atom is 0.141 e. The molecule has 3 heterocycles. The van der Waals surface area contributed by atoms with E-state index in [0.29, 0.717) is 12.0 Å². The van der Waals surface area contributed by atoms with E-state index in [1.54, 1.807) is 6.33 Å². The van der Waals surface area contributed by atoms with Gasteiger partial charge in [-0.1, -0.05) is 6.92 Å². The van der Waals surface area contributed by atoms with Crippen LogP contribution in [0.3, 0.4) is 0 Å². The Kier molecular flexibility index (Phi) is 3.34. The van der Waals surface area contributed by atoms with Crippen LogP contribution in [0.25, 0.3) is 10.2 Å². The molecule has 2 unspecified atom stereocenters. The smallest absolute Gasteiger partial charge is 0.141 e. The van der Waals surface area contributed by atoms with Crippen molar-refractivity contribution in [3.8, 4) is 0 Å². The quantitative estimate of drug-likeness (QED) is 0.855. The van der Waals surface area contributed by atoms with Gasteiger partial charge in [0, 0.05) is 25.1 Å². The molecule has 1 aliphatic carbocycles. The van der Waals surface area contributed by atoms with Crippen LogP contribution in [-0.4, -0.2) is 36.3 Å². The van der Waals surface area contributed by atoms with Crippen LogP contribution in [0.4, 0.5) is 5.82 Å². The Bertz CT molecular complexity index is 669. The number of rotatable bonds is 2. The van der Waals surface area contributed by atoms with E-state index in [1.807, 2.05) is 18.4 Å². The maximum absolute atomic E-state index is 5.66. The first kappa shape index (κ1) is 13.5. The van der Waals surface area contributed by atoms with E-state index < -0.39 is 0 Å². The fourth-order valence-corrected chi connectivity index (χ4v) is 4.91. The van der Waals surface area contributed by atoms with Gasteiger partial charge in [-0.25, -0.2) is 9.97 Å². The molecule has 2 aromatic rings. The number of aryl methyl sites for hydroxylation is 2. The predicted octanol–water partition coefficient (Wildman–Crippen LogP) is 3.04. The summed E-state index contributed by atoms with van der Waals surface area (Å²) in [6.45, 7) is 4.29. The minimum absolute atomic E-state index is 0.301. The zero-order valence-electron chi connectivity index (χ0n) is 12.6. The van der Waals surface area contributed by atoms with Gasteiger partial charge in [0.05, 0.1) is 11.5 Å². The molecule has 0 aromatic carbocycles. The van der Waals surface area contributed by atoms with Crippen molar-refractivity contribution < 1.29 is 4.74 Å². The van der Waals surface area contributed by atoms with Gasteiger partial charge in [0.25, 0.3) is 0 Å². The van der Waals surface area contributed by atoms with Crippen molar-refractivity contribution in [2.24, 2.45) is 5.92 Å². The molecule has 2 atom stereocenters. The number of hydrogen-bond acceptors (Lipinski definition) is 5. The molecule has 0 spiro atoms. The number of fused-ring (bicyclic) bond motifs is 3. The van der Waals surface area contributed by atoms with Crippen molar-refractivity contribution in [3.63, 3.8) is 0 Å². The van der Waals surface area contributed by atoms with Crippen LogP contribution in [0.5, 0.6) is 0 Å². The number of anilines is 1. The molecular weight excluding hydrogens is 282 g/mol. The van der Waals surface area contributed by atoms with Gasteiger partial charge in [0.15, 0.2) is 0 Å². The lowest BCUT2D eigenvalue weighted by Gasteiger charge is -2.37. The van der Waals surface area contributed by atoms with E-state index in [0.717, 1.165) is 30.2 Å². The van der Waals surface area contributed by atoms with Gasteiger partial charge in [0.1, 0.15) is 17.0 Å². The molecule has 0 radical (unpaired) electrons. The lowest BCUT2D eigenvalue weighted by molar-refractivity contribution is 0.0497. The molecule has 4 nitrogen and oxygen atoms in total. The number of thiophene rings is 1. The van der Waals surface area contributed by atoms with Crippen molar-refractivity contribution in [2.45, 2.75) is 38.7 Å². The lowest BCUT2D eigenvalue weighted by Crippen LogP contribution is -2.44. The van der Waals surface area contributed by atoms with E-state index in [2.05, 4.69) is 21.8 Å². The predicted molar refractivity (Wildman–Crippen MR) is 86.2 cm³/mol. The van der Waals surface area contributed by atoms with Gasteiger partial charge in [-0.15, -0.1) is 11.3 Å². The Labute approximate surface area is 129 Å². The fraction of sp³-hybridized carbons (Fsp3) is 0.625. The average Bonchev–Trinajstić information content (AvgIpc) is 3.08. The van der Waals surface area contributed by atoms with E-state index in [9.17, 15) is 0 Å². The van der Waals surface area contributed by atoms with Gasteiger partial charge >= 0.3 is 0 Å². The Hall–Kier alpha value is -1.20. The molecule has 1 fully saturated rings. The van der Waals surface area contributed by atoms with Crippen molar-refractivity contribution in [3.05, 3.63) is 16.8 Å². The third kappa shape index (κ3) is 2.14. The first-order valence-electron chi connectivity index (χ1n) is 7.81. The second-order valence-electron chi connectivity index (χ2n) is 6.22.